The van der Waals surface area contributed by atoms with Gasteiger partial charge in [-0.25, -0.2) is 9.37 Å². The van der Waals surface area contributed by atoms with Gasteiger partial charge in [0.05, 0.1) is 12.7 Å². The van der Waals surface area contributed by atoms with Gasteiger partial charge in [-0.2, -0.15) is 0 Å². The minimum absolute atomic E-state index is 0.130. The molecule has 4 N–H and O–H groups in total. The van der Waals surface area contributed by atoms with E-state index in [0.29, 0.717) is 30.1 Å². The first kappa shape index (κ1) is 14.0. The lowest BCUT2D eigenvalue weighted by Gasteiger charge is -2.06. The normalized spacial score (nSPS) is 11.8. The summed E-state index contributed by atoms with van der Waals surface area (Å²) in [5.41, 5.74) is 6.45. The first-order chi connectivity index (χ1) is 9.58. The zero-order valence-electron chi connectivity index (χ0n) is 10.9. The number of halogens is 1. The van der Waals surface area contributed by atoms with Crippen molar-refractivity contribution in [2.24, 2.45) is 10.9 Å². The molecule has 2 aromatic rings. The van der Waals surface area contributed by atoms with Gasteiger partial charge in [0.1, 0.15) is 11.6 Å². The lowest BCUT2D eigenvalue weighted by molar-refractivity contribution is 0.318. The van der Waals surface area contributed by atoms with Gasteiger partial charge in [0, 0.05) is 12.1 Å². The molecule has 2 rings (SSSR count). The maximum atomic E-state index is 13.4. The average molecular weight is 278 g/mol. The van der Waals surface area contributed by atoms with Crippen molar-refractivity contribution in [1.82, 2.24) is 10.3 Å². The molecule has 0 amide bonds. The molecule has 0 saturated heterocycles. The smallest absolute Gasteiger partial charge is 0.208 e. The zero-order chi connectivity index (χ0) is 14.5. The number of aryl methyl sites for hydroxylation is 1. The number of hydrogen-bond donors (Lipinski definition) is 3. The van der Waals surface area contributed by atoms with E-state index in [9.17, 15) is 4.39 Å². The first-order valence-corrected chi connectivity index (χ1v) is 5.98. The number of aromatic nitrogens is 1. The fourth-order valence-electron chi connectivity index (χ4n) is 1.76. The number of nitrogens with zero attached hydrogens (tertiary/aromatic N) is 2. The third-order valence-electron chi connectivity index (χ3n) is 2.64. The number of rotatable bonds is 5. The van der Waals surface area contributed by atoms with Crippen LogP contribution in [0.15, 0.2) is 34.0 Å². The second-order valence-corrected chi connectivity index (χ2v) is 4.30. The summed E-state index contributed by atoms with van der Waals surface area (Å²) in [7, 11) is 0. The predicted octanol–water partition coefficient (Wildman–Crippen LogP) is 1.51. The highest BCUT2D eigenvalue weighted by Crippen LogP contribution is 2.10. The molecule has 0 aliphatic heterocycles. The van der Waals surface area contributed by atoms with Gasteiger partial charge in [-0.15, -0.1) is 0 Å². The van der Waals surface area contributed by atoms with Gasteiger partial charge < -0.3 is 20.7 Å². The van der Waals surface area contributed by atoms with Crippen LogP contribution in [0.1, 0.15) is 22.8 Å². The van der Waals surface area contributed by atoms with Crippen molar-refractivity contribution in [3.63, 3.8) is 0 Å². The minimum atomic E-state index is -0.446. The molecule has 6 nitrogen and oxygen atoms in total. The number of amidine groups is 1. The Kier molecular flexibility index (Phi) is 4.31. The highest BCUT2D eigenvalue weighted by molar-refractivity contribution is 5.97. The van der Waals surface area contributed by atoms with Crippen LogP contribution in [0.5, 0.6) is 0 Å². The summed E-state index contributed by atoms with van der Waals surface area (Å²) in [5.74, 6) is 0.726. The van der Waals surface area contributed by atoms with Crippen molar-refractivity contribution in [2.45, 2.75) is 20.0 Å². The van der Waals surface area contributed by atoms with Crippen molar-refractivity contribution in [3.05, 3.63) is 53.0 Å². The summed E-state index contributed by atoms with van der Waals surface area (Å²) < 4.78 is 18.7. The lowest BCUT2D eigenvalue weighted by Crippen LogP contribution is -2.16. The molecule has 1 aromatic carbocycles. The first-order valence-electron chi connectivity index (χ1n) is 5.98. The Morgan fingerprint density at radius 1 is 1.45 bits per heavy atom. The highest BCUT2D eigenvalue weighted by atomic mass is 19.1. The SMILES string of the molecule is Cc1cnc(CNCc2cc(F)cc(/C(N)=N/O)c2)o1. The molecule has 0 atom stereocenters. The summed E-state index contributed by atoms with van der Waals surface area (Å²) in [4.78, 5) is 4.05. The third kappa shape index (κ3) is 3.55. The molecular formula is C13H15FN4O2. The van der Waals surface area contributed by atoms with Gasteiger partial charge in [0.25, 0.3) is 0 Å². The molecule has 0 radical (unpaired) electrons. The fourth-order valence-corrected chi connectivity index (χ4v) is 1.76. The number of nitrogens with two attached hydrogens (primary N) is 1. The maximum Gasteiger partial charge on any atom is 0.208 e. The van der Waals surface area contributed by atoms with Gasteiger partial charge >= 0.3 is 0 Å². The number of oxazole rings is 1. The van der Waals surface area contributed by atoms with E-state index < -0.39 is 5.82 Å². The summed E-state index contributed by atoms with van der Waals surface area (Å²) >= 11 is 0. The molecule has 1 heterocycles. The standard InChI is InChI=1S/C13H15FN4O2/c1-8-5-17-12(20-8)7-16-6-9-2-10(13(15)18-19)4-11(14)3-9/h2-5,16,19H,6-7H2,1H3,(H2,15,18). The lowest BCUT2D eigenvalue weighted by atomic mass is 10.1. The number of hydrogen-bond acceptors (Lipinski definition) is 5. The quantitative estimate of drug-likeness (QED) is 0.333. The Hall–Kier alpha value is -2.41. The van der Waals surface area contributed by atoms with E-state index in [1.165, 1.54) is 12.1 Å². The summed E-state index contributed by atoms with van der Waals surface area (Å²) in [6.07, 6.45) is 1.63. The maximum absolute atomic E-state index is 13.4. The summed E-state index contributed by atoms with van der Waals surface area (Å²) in [6, 6.07) is 4.23. The molecule has 106 valence electrons. The van der Waals surface area contributed by atoms with Crippen LogP contribution in [0.2, 0.25) is 0 Å². The number of benzene rings is 1. The van der Waals surface area contributed by atoms with Crippen LogP contribution in [0.3, 0.4) is 0 Å². The van der Waals surface area contributed by atoms with Crippen LogP contribution in [-0.4, -0.2) is 16.0 Å². The van der Waals surface area contributed by atoms with Crippen molar-refractivity contribution in [1.29, 1.82) is 0 Å². The molecule has 7 heteroatoms. The van der Waals surface area contributed by atoms with E-state index in [1.807, 2.05) is 6.92 Å². The molecule has 0 saturated carbocycles. The topological polar surface area (TPSA) is 96.7 Å². The van der Waals surface area contributed by atoms with Crippen molar-refractivity contribution >= 4 is 5.84 Å². The van der Waals surface area contributed by atoms with Crippen molar-refractivity contribution in [2.75, 3.05) is 0 Å². The highest BCUT2D eigenvalue weighted by Gasteiger charge is 2.05. The van der Waals surface area contributed by atoms with E-state index in [1.54, 1.807) is 12.3 Å². The Bertz CT molecular complexity index is 625. The zero-order valence-corrected chi connectivity index (χ0v) is 10.9. The Morgan fingerprint density at radius 2 is 2.25 bits per heavy atom. The van der Waals surface area contributed by atoms with Gasteiger partial charge in [-0.1, -0.05) is 5.16 Å². The third-order valence-corrected chi connectivity index (χ3v) is 2.64. The van der Waals surface area contributed by atoms with Gasteiger partial charge in [0.2, 0.25) is 5.89 Å². The molecule has 0 aliphatic carbocycles. The molecule has 20 heavy (non-hydrogen) atoms. The molecule has 0 fully saturated rings. The Balaban J connectivity index is 2.00. The second kappa shape index (κ2) is 6.16. The molecule has 0 aliphatic rings. The molecule has 0 unspecified atom stereocenters. The number of nitrogens with one attached hydrogen (secondary N) is 1. The van der Waals surface area contributed by atoms with Gasteiger partial charge in [-0.3, -0.25) is 0 Å². The molecular weight excluding hydrogens is 263 g/mol. The van der Waals surface area contributed by atoms with Crippen LogP contribution in [0.25, 0.3) is 0 Å². The molecule has 0 bridgehead atoms. The van der Waals surface area contributed by atoms with Crippen LogP contribution in [0, 0.1) is 12.7 Å². The van der Waals surface area contributed by atoms with Crippen LogP contribution < -0.4 is 11.1 Å². The largest absolute Gasteiger partial charge is 0.445 e. The predicted molar refractivity (Wildman–Crippen MR) is 70.7 cm³/mol. The van der Waals surface area contributed by atoms with Crippen molar-refractivity contribution < 1.29 is 14.0 Å². The summed E-state index contributed by atoms with van der Waals surface area (Å²) in [5, 5.41) is 14.5. The minimum Gasteiger partial charge on any atom is -0.445 e. The Morgan fingerprint density at radius 3 is 2.90 bits per heavy atom. The van der Waals surface area contributed by atoms with E-state index in [-0.39, 0.29) is 5.84 Å². The summed E-state index contributed by atoms with van der Waals surface area (Å²) in [6.45, 7) is 2.65. The Labute approximate surface area is 115 Å². The monoisotopic (exact) mass is 278 g/mol. The van der Waals surface area contributed by atoms with E-state index in [2.05, 4.69) is 15.5 Å². The van der Waals surface area contributed by atoms with E-state index in [4.69, 9.17) is 15.4 Å². The molecule has 0 spiro atoms. The molecule has 1 aromatic heterocycles. The van der Waals surface area contributed by atoms with Gasteiger partial charge in [-0.05, 0) is 30.7 Å². The van der Waals surface area contributed by atoms with Gasteiger partial charge in [0.15, 0.2) is 5.84 Å². The number of oxime groups is 1. The average Bonchev–Trinajstić information content (AvgIpc) is 2.83. The van der Waals surface area contributed by atoms with Crippen LogP contribution in [-0.2, 0) is 13.1 Å². The van der Waals surface area contributed by atoms with Crippen molar-refractivity contribution in [3.8, 4) is 0 Å². The fraction of sp³-hybridized carbons (Fsp3) is 0.231. The van der Waals surface area contributed by atoms with E-state index >= 15 is 0 Å². The second-order valence-electron chi connectivity index (χ2n) is 4.30. The van der Waals surface area contributed by atoms with Crippen LogP contribution >= 0.6 is 0 Å². The van der Waals surface area contributed by atoms with Crippen LogP contribution in [0.4, 0.5) is 4.39 Å². The van der Waals surface area contributed by atoms with E-state index in [0.717, 1.165) is 5.76 Å².